The van der Waals surface area contributed by atoms with Gasteiger partial charge in [0.25, 0.3) is 5.91 Å². The van der Waals surface area contributed by atoms with Crippen LogP contribution in [-0.4, -0.2) is 39.4 Å². The van der Waals surface area contributed by atoms with Crippen LogP contribution in [0.4, 0.5) is 5.69 Å². The largest absolute Gasteiger partial charge is 0.497 e. The molecule has 34 heavy (non-hydrogen) atoms. The Balaban J connectivity index is 1.74. The van der Waals surface area contributed by atoms with Gasteiger partial charge in [-0.1, -0.05) is 18.2 Å². The van der Waals surface area contributed by atoms with Gasteiger partial charge in [0.15, 0.2) is 0 Å². The third kappa shape index (κ3) is 6.35. The number of nitrogens with one attached hydrogen (secondary N) is 1. The molecule has 3 aromatic rings. The SMILES string of the molecule is COc1ccc(/C(C)=N\NC(=O)[C@@H](C)N(c2ccc(Oc3ccccc3)cc2)S(C)(=O)=O)cc1. The van der Waals surface area contributed by atoms with Gasteiger partial charge in [0.05, 0.1) is 24.8 Å². The number of rotatable bonds is 9. The van der Waals surface area contributed by atoms with Crippen LogP contribution in [0, 0.1) is 0 Å². The minimum atomic E-state index is -3.76. The van der Waals surface area contributed by atoms with Crippen molar-refractivity contribution in [1.82, 2.24) is 5.43 Å². The Kier molecular flexibility index (Phi) is 7.91. The monoisotopic (exact) mass is 481 g/mol. The van der Waals surface area contributed by atoms with Crippen LogP contribution in [0.15, 0.2) is 84.0 Å². The van der Waals surface area contributed by atoms with Gasteiger partial charge in [0, 0.05) is 0 Å². The lowest BCUT2D eigenvalue weighted by Crippen LogP contribution is -2.46. The van der Waals surface area contributed by atoms with E-state index in [2.05, 4.69) is 10.5 Å². The molecule has 0 heterocycles. The number of nitrogens with zero attached hydrogens (tertiary/aromatic N) is 2. The Labute approximate surface area is 199 Å². The fraction of sp³-hybridized carbons (Fsp3) is 0.200. The molecule has 9 heteroatoms. The molecule has 0 aliphatic carbocycles. The Hall–Kier alpha value is -3.85. The zero-order valence-electron chi connectivity index (χ0n) is 19.4. The number of hydrazone groups is 1. The standard InChI is InChI=1S/C25H27N3O5S/c1-18(20-10-14-22(32-3)15-11-20)26-27-25(29)19(2)28(34(4,30)31)21-12-16-24(17-13-21)33-23-8-6-5-7-9-23/h5-17,19H,1-4H3,(H,27,29)/b26-18-/t19-/m1/s1. The van der Waals surface area contributed by atoms with Gasteiger partial charge in [-0.15, -0.1) is 0 Å². The van der Waals surface area contributed by atoms with Crippen LogP contribution in [0.2, 0.25) is 0 Å². The number of hydrogen-bond donors (Lipinski definition) is 1. The van der Waals surface area contributed by atoms with E-state index < -0.39 is 22.0 Å². The number of anilines is 1. The maximum absolute atomic E-state index is 12.8. The lowest BCUT2D eigenvalue weighted by Gasteiger charge is -2.27. The van der Waals surface area contributed by atoms with Crippen LogP contribution in [0.5, 0.6) is 17.2 Å². The smallest absolute Gasteiger partial charge is 0.263 e. The number of carbonyl (C=O) groups excluding carboxylic acids is 1. The average molecular weight is 482 g/mol. The van der Waals surface area contributed by atoms with E-state index in [1.807, 2.05) is 42.5 Å². The summed E-state index contributed by atoms with van der Waals surface area (Å²) in [5.41, 5.74) is 4.16. The van der Waals surface area contributed by atoms with Crippen molar-refractivity contribution in [2.45, 2.75) is 19.9 Å². The molecule has 1 N–H and O–H groups in total. The summed E-state index contributed by atoms with van der Waals surface area (Å²) in [7, 11) is -2.18. The maximum atomic E-state index is 12.8. The van der Waals surface area contributed by atoms with E-state index >= 15 is 0 Å². The highest BCUT2D eigenvalue weighted by molar-refractivity contribution is 7.92. The van der Waals surface area contributed by atoms with Gasteiger partial charge in [-0.3, -0.25) is 9.10 Å². The zero-order chi connectivity index (χ0) is 24.7. The van der Waals surface area contributed by atoms with Crippen molar-refractivity contribution in [3.05, 3.63) is 84.4 Å². The van der Waals surface area contributed by atoms with Gasteiger partial charge in [-0.2, -0.15) is 5.10 Å². The predicted octanol–water partition coefficient (Wildman–Crippen LogP) is 4.18. The molecular formula is C25H27N3O5S. The summed E-state index contributed by atoms with van der Waals surface area (Å²) in [6, 6.07) is 21.9. The average Bonchev–Trinajstić information content (AvgIpc) is 2.83. The topological polar surface area (TPSA) is 97.3 Å². The normalized spacial score (nSPS) is 12.5. The molecule has 0 unspecified atom stereocenters. The van der Waals surface area contributed by atoms with Gasteiger partial charge in [-0.05, 0) is 80.1 Å². The van der Waals surface area contributed by atoms with E-state index in [-0.39, 0.29) is 0 Å². The molecule has 1 atom stereocenters. The Morgan fingerprint density at radius 3 is 2.03 bits per heavy atom. The van der Waals surface area contributed by atoms with E-state index in [1.165, 1.54) is 6.92 Å². The Morgan fingerprint density at radius 1 is 0.912 bits per heavy atom. The number of para-hydroxylation sites is 1. The molecule has 0 saturated heterocycles. The van der Waals surface area contributed by atoms with Gasteiger partial charge >= 0.3 is 0 Å². The minimum Gasteiger partial charge on any atom is -0.497 e. The second kappa shape index (κ2) is 10.8. The molecule has 0 aromatic heterocycles. The fourth-order valence-corrected chi connectivity index (χ4v) is 4.40. The summed E-state index contributed by atoms with van der Waals surface area (Å²) in [5.74, 6) is 1.34. The molecule has 0 aliphatic rings. The predicted molar refractivity (Wildman–Crippen MR) is 133 cm³/mol. The quantitative estimate of drug-likeness (QED) is 0.365. The summed E-state index contributed by atoms with van der Waals surface area (Å²) in [6.07, 6.45) is 1.05. The first-order chi connectivity index (χ1) is 16.2. The van der Waals surface area contributed by atoms with Gasteiger partial charge in [-0.25, -0.2) is 13.8 Å². The molecule has 3 rings (SSSR count). The first kappa shape index (κ1) is 24.8. The summed E-state index contributed by atoms with van der Waals surface area (Å²) >= 11 is 0. The number of ether oxygens (including phenoxy) is 2. The van der Waals surface area contributed by atoms with E-state index in [1.54, 1.807) is 50.4 Å². The lowest BCUT2D eigenvalue weighted by molar-refractivity contribution is -0.121. The van der Waals surface area contributed by atoms with E-state index in [0.717, 1.165) is 16.1 Å². The van der Waals surface area contributed by atoms with Crippen LogP contribution in [-0.2, 0) is 14.8 Å². The molecule has 0 aliphatic heterocycles. The highest BCUT2D eigenvalue weighted by atomic mass is 32.2. The molecule has 0 saturated carbocycles. The summed E-state index contributed by atoms with van der Waals surface area (Å²) in [4.78, 5) is 12.8. The molecule has 1 amide bonds. The molecule has 0 fully saturated rings. The molecule has 178 valence electrons. The maximum Gasteiger partial charge on any atom is 0.263 e. The summed E-state index contributed by atoms with van der Waals surface area (Å²) in [6.45, 7) is 3.25. The first-order valence-corrected chi connectivity index (χ1v) is 12.3. The van der Waals surface area contributed by atoms with E-state index in [0.29, 0.717) is 28.6 Å². The molecular weight excluding hydrogens is 454 g/mol. The van der Waals surface area contributed by atoms with Crippen molar-refractivity contribution >= 4 is 27.3 Å². The van der Waals surface area contributed by atoms with Crippen molar-refractivity contribution in [2.24, 2.45) is 5.10 Å². The third-order valence-corrected chi connectivity index (χ3v) is 6.24. The number of carbonyl (C=O) groups is 1. The van der Waals surface area contributed by atoms with Gasteiger partial charge in [0.1, 0.15) is 23.3 Å². The van der Waals surface area contributed by atoms with Gasteiger partial charge in [0.2, 0.25) is 10.0 Å². The van der Waals surface area contributed by atoms with Crippen molar-refractivity contribution in [2.75, 3.05) is 17.7 Å². The van der Waals surface area contributed by atoms with Crippen molar-refractivity contribution in [3.8, 4) is 17.2 Å². The Morgan fingerprint density at radius 2 is 1.47 bits per heavy atom. The molecule has 0 bridgehead atoms. The van der Waals surface area contributed by atoms with Crippen LogP contribution in [0.1, 0.15) is 19.4 Å². The second-order valence-electron chi connectivity index (χ2n) is 7.55. The van der Waals surface area contributed by atoms with E-state index in [4.69, 9.17) is 9.47 Å². The second-order valence-corrected chi connectivity index (χ2v) is 9.41. The highest BCUT2D eigenvalue weighted by Crippen LogP contribution is 2.27. The van der Waals surface area contributed by atoms with Crippen LogP contribution < -0.4 is 19.2 Å². The number of sulfonamides is 1. The fourth-order valence-electron chi connectivity index (χ4n) is 3.22. The zero-order valence-corrected chi connectivity index (χ0v) is 20.2. The third-order valence-electron chi connectivity index (χ3n) is 5.00. The van der Waals surface area contributed by atoms with Crippen LogP contribution in [0.25, 0.3) is 0 Å². The Bertz CT molecular complexity index is 1240. The van der Waals surface area contributed by atoms with Gasteiger partial charge < -0.3 is 9.47 Å². The highest BCUT2D eigenvalue weighted by Gasteiger charge is 2.29. The van der Waals surface area contributed by atoms with E-state index in [9.17, 15) is 13.2 Å². The number of benzene rings is 3. The number of hydrogen-bond acceptors (Lipinski definition) is 6. The number of methoxy groups -OCH3 is 1. The van der Waals surface area contributed by atoms with Crippen LogP contribution >= 0.6 is 0 Å². The number of amides is 1. The first-order valence-electron chi connectivity index (χ1n) is 10.5. The van der Waals surface area contributed by atoms with Crippen LogP contribution in [0.3, 0.4) is 0 Å². The summed E-state index contributed by atoms with van der Waals surface area (Å²) in [5, 5.41) is 4.12. The molecule has 0 radical (unpaired) electrons. The van der Waals surface area contributed by atoms with Crippen molar-refractivity contribution < 1.29 is 22.7 Å². The molecule has 0 spiro atoms. The molecule has 8 nitrogen and oxygen atoms in total. The minimum absolute atomic E-state index is 0.335. The molecule has 3 aromatic carbocycles. The lowest BCUT2D eigenvalue weighted by atomic mass is 10.1. The van der Waals surface area contributed by atoms with Crippen molar-refractivity contribution in [3.63, 3.8) is 0 Å². The van der Waals surface area contributed by atoms with Crippen molar-refractivity contribution in [1.29, 1.82) is 0 Å². The summed E-state index contributed by atoms with van der Waals surface area (Å²) < 4.78 is 37.0.